The Morgan fingerprint density at radius 3 is 2.67 bits per heavy atom. The lowest BCUT2D eigenvalue weighted by Crippen LogP contribution is -2.30. The molecular formula is C18H18N2S. The van der Waals surface area contributed by atoms with E-state index in [-0.39, 0.29) is 0 Å². The molecule has 3 heteroatoms. The van der Waals surface area contributed by atoms with Gasteiger partial charge in [-0.05, 0) is 42.4 Å². The number of hydrogen-bond donors (Lipinski definition) is 0. The number of thioether (sulfide) groups is 1. The second-order valence-corrected chi connectivity index (χ2v) is 6.36. The van der Waals surface area contributed by atoms with Crippen molar-refractivity contribution < 1.29 is 0 Å². The van der Waals surface area contributed by atoms with Gasteiger partial charge in [0.25, 0.3) is 0 Å². The van der Waals surface area contributed by atoms with Crippen molar-refractivity contribution >= 4 is 23.1 Å². The van der Waals surface area contributed by atoms with Gasteiger partial charge < -0.3 is 4.90 Å². The third kappa shape index (κ3) is 2.52. The molecule has 0 aliphatic carbocycles. The highest BCUT2D eigenvalue weighted by Crippen LogP contribution is 2.38. The molecule has 21 heavy (non-hydrogen) atoms. The standard InChI is InChI=1S/C18H18N2S/c1-13-10-14-6-3-4-7-16(14)20(12-13)17-8-5-9-18(21-2)15(17)11-19/h3-9,13H,10,12H2,1-2H3. The van der Waals surface area contributed by atoms with Gasteiger partial charge in [-0.3, -0.25) is 0 Å². The molecule has 0 bridgehead atoms. The van der Waals surface area contributed by atoms with Crippen molar-refractivity contribution in [1.29, 1.82) is 5.26 Å². The predicted octanol–water partition coefficient (Wildman–Crippen LogP) is 4.61. The van der Waals surface area contributed by atoms with Crippen LogP contribution in [0.15, 0.2) is 47.4 Å². The number of nitrogens with zero attached hydrogens (tertiary/aromatic N) is 2. The van der Waals surface area contributed by atoms with E-state index in [0.29, 0.717) is 5.92 Å². The maximum atomic E-state index is 9.58. The second kappa shape index (κ2) is 5.83. The van der Waals surface area contributed by atoms with E-state index in [4.69, 9.17) is 0 Å². The number of anilines is 2. The third-order valence-electron chi connectivity index (χ3n) is 3.97. The first-order valence-corrected chi connectivity index (χ1v) is 8.39. The third-order valence-corrected chi connectivity index (χ3v) is 4.75. The SMILES string of the molecule is CSc1cccc(N2CC(C)Cc3ccccc32)c1C#N. The number of hydrogen-bond acceptors (Lipinski definition) is 3. The van der Waals surface area contributed by atoms with Gasteiger partial charge in [-0.1, -0.05) is 31.2 Å². The van der Waals surface area contributed by atoms with Crippen LogP contribution in [-0.4, -0.2) is 12.8 Å². The molecular weight excluding hydrogens is 276 g/mol. The van der Waals surface area contributed by atoms with E-state index in [9.17, 15) is 5.26 Å². The predicted molar refractivity (Wildman–Crippen MR) is 89.3 cm³/mol. The van der Waals surface area contributed by atoms with E-state index in [1.807, 2.05) is 18.4 Å². The summed E-state index contributed by atoms with van der Waals surface area (Å²) in [6, 6.07) is 17.1. The normalized spacial score (nSPS) is 17.2. The first kappa shape index (κ1) is 14.0. The number of benzene rings is 2. The van der Waals surface area contributed by atoms with Crippen LogP contribution in [0, 0.1) is 17.2 Å². The summed E-state index contributed by atoms with van der Waals surface area (Å²) in [6.07, 6.45) is 3.13. The van der Waals surface area contributed by atoms with E-state index in [1.54, 1.807) is 11.8 Å². The fraction of sp³-hybridized carbons (Fsp3) is 0.278. The topological polar surface area (TPSA) is 27.0 Å². The number of para-hydroxylation sites is 1. The zero-order valence-corrected chi connectivity index (χ0v) is 13.2. The molecule has 1 atom stereocenters. The molecule has 0 N–H and O–H groups in total. The Morgan fingerprint density at radius 2 is 1.90 bits per heavy atom. The maximum absolute atomic E-state index is 9.58. The molecule has 0 aromatic heterocycles. The fourth-order valence-corrected chi connectivity index (χ4v) is 3.62. The minimum absolute atomic E-state index is 0.587. The van der Waals surface area contributed by atoms with Gasteiger partial charge in [-0.15, -0.1) is 11.8 Å². The number of nitriles is 1. The highest BCUT2D eigenvalue weighted by molar-refractivity contribution is 7.98. The van der Waals surface area contributed by atoms with Gasteiger partial charge in [0.2, 0.25) is 0 Å². The average Bonchev–Trinajstić information content (AvgIpc) is 2.53. The van der Waals surface area contributed by atoms with Crippen molar-refractivity contribution in [3.8, 4) is 6.07 Å². The minimum atomic E-state index is 0.587. The zero-order valence-electron chi connectivity index (χ0n) is 12.3. The van der Waals surface area contributed by atoms with Crippen molar-refractivity contribution in [2.45, 2.75) is 18.2 Å². The van der Waals surface area contributed by atoms with Crippen LogP contribution in [0.3, 0.4) is 0 Å². The zero-order chi connectivity index (χ0) is 14.8. The Labute approximate surface area is 130 Å². The van der Waals surface area contributed by atoms with Crippen molar-refractivity contribution in [1.82, 2.24) is 0 Å². The summed E-state index contributed by atoms with van der Waals surface area (Å²) in [5.41, 5.74) is 4.43. The number of fused-ring (bicyclic) bond motifs is 1. The van der Waals surface area contributed by atoms with Gasteiger partial charge in [0.1, 0.15) is 6.07 Å². The molecule has 1 aliphatic rings. The maximum Gasteiger partial charge on any atom is 0.103 e. The largest absolute Gasteiger partial charge is 0.340 e. The van der Waals surface area contributed by atoms with Crippen molar-refractivity contribution in [2.24, 2.45) is 5.92 Å². The molecule has 0 amide bonds. The van der Waals surface area contributed by atoms with Crippen LogP contribution in [0.2, 0.25) is 0 Å². The Hall–Kier alpha value is -1.92. The molecule has 0 fully saturated rings. The Balaban J connectivity index is 2.16. The van der Waals surface area contributed by atoms with Crippen LogP contribution in [0.25, 0.3) is 0 Å². The average molecular weight is 294 g/mol. The lowest BCUT2D eigenvalue weighted by atomic mass is 9.93. The van der Waals surface area contributed by atoms with Gasteiger partial charge >= 0.3 is 0 Å². The van der Waals surface area contributed by atoms with Crippen LogP contribution < -0.4 is 4.90 Å². The van der Waals surface area contributed by atoms with Gasteiger partial charge in [-0.2, -0.15) is 5.26 Å². The summed E-state index contributed by atoms with van der Waals surface area (Å²) in [6.45, 7) is 3.23. The molecule has 2 nitrogen and oxygen atoms in total. The van der Waals surface area contributed by atoms with E-state index in [2.05, 4.69) is 48.2 Å². The molecule has 3 rings (SSSR count). The van der Waals surface area contributed by atoms with Gasteiger partial charge in [-0.25, -0.2) is 0 Å². The Morgan fingerprint density at radius 1 is 1.14 bits per heavy atom. The smallest absolute Gasteiger partial charge is 0.103 e. The lowest BCUT2D eigenvalue weighted by molar-refractivity contribution is 0.562. The monoisotopic (exact) mass is 294 g/mol. The molecule has 0 saturated carbocycles. The minimum Gasteiger partial charge on any atom is -0.340 e. The van der Waals surface area contributed by atoms with Crippen LogP contribution in [0.4, 0.5) is 11.4 Å². The highest BCUT2D eigenvalue weighted by Gasteiger charge is 2.24. The summed E-state index contributed by atoms with van der Waals surface area (Å²) in [7, 11) is 0. The summed E-state index contributed by atoms with van der Waals surface area (Å²) in [4.78, 5) is 3.35. The molecule has 2 aromatic rings. The molecule has 1 unspecified atom stereocenters. The summed E-state index contributed by atoms with van der Waals surface area (Å²) >= 11 is 1.63. The van der Waals surface area contributed by atoms with Crippen molar-refractivity contribution in [3.63, 3.8) is 0 Å². The van der Waals surface area contributed by atoms with Crippen LogP contribution in [0.1, 0.15) is 18.1 Å². The molecule has 0 spiro atoms. The molecule has 1 aliphatic heterocycles. The fourth-order valence-electron chi connectivity index (χ4n) is 3.05. The van der Waals surface area contributed by atoms with E-state index in [1.165, 1.54) is 11.3 Å². The lowest BCUT2D eigenvalue weighted by Gasteiger charge is -2.35. The van der Waals surface area contributed by atoms with Crippen LogP contribution in [0.5, 0.6) is 0 Å². The van der Waals surface area contributed by atoms with Crippen LogP contribution >= 0.6 is 11.8 Å². The molecule has 0 saturated heterocycles. The molecule has 1 heterocycles. The summed E-state index contributed by atoms with van der Waals surface area (Å²) < 4.78 is 0. The number of rotatable bonds is 2. The van der Waals surface area contributed by atoms with Gasteiger partial charge in [0.05, 0.1) is 11.3 Å². The Kier molecular flexibility index (Phi) is 3.90. The van der Waals surface area contributed by atoms with Crippen molar-refractivity contribution in [2.75, 3.05) is 17.7 Å². The Bertz CT molecular complexity index is 703. The van der Waals surface area contributed by atoms with Crippen LogP contribution in [-0.2, 0) is 6.42 Å². The van der Waals surface area contributed by atoms with E-state index < -0.39 is 0 Å². The molecule has 0 radical (unpaired) electrons. The quantitative estimate of drug-likeness (QED) is 0.757. The van der Waals surface area contributed by atoms with Gasteiger partial charge in [0.15, 0.2) is 0 Å². The summed E-state index contributed by atoms with van der Waals surface area (Å²) in [5.74, 6) is 0.587. The first-order chi connectivity index (χ1) is 10.2. The second-order valence-electron chi connectivity index (χ2n) is 5.51. The first-order valence-electron chi connectivity index (χ1n) is 7.17. The van der Waals surface area contributed by atoms with Crippen molar-refractivity contribution in [3.05, 3.63) is 53.6 Å². The molecule has 2 aromatic carbocycles. The van der Waals surface area contributed by atoms with Gasteiger partial charge in [0, 0.05) is 17.1 Å². The van der Waals surface area contributed by atoms with E-state index >= 15 is 0 Å². The van der Waals surface area contributed by atoms with E-state index in [0.717, 1.165) is 29.1 Å². The highest BCUT2D eigenvalue weighted by atomic mass is 32.2. The molecule has 106 valence electrons. The summed E-state index contributed by atoms with van der Waals surface area (Å²) in [5, 5.41) is 9.58.